The number of nitro benzene ring substituents is 1. The minimum Gasteiger partial charge on any atom is -0.375 e. The number of hydrogen-bond donors (Lipinski definition) is 2. The highest BCUT2D eigenvalue weighted by Crippen LogP contribution is 2.13. The number of hydrazone groups is 1. The van der Waals surface area contributed by atoms with Crippen LogP contribution in [0.5, 0.6) is 0 Å². The molecule has 0 atom stereocenters. The van der Waals surface area contributed by atoms with Crippen molar-refractivity contribution in [3.05, 3.63) is 45.5 Å². The molecule has 0 aromatic heterocycles. The van der Waals surface area contributed by atoms with Crippen molar-refractivity contribution in [2.24, 2.45) is 10.8 Å². The van der Waals surface area contributed by atoms with Crippen LogP contribution in [0.1, 0.15) is 12.5 Å². The van der Waals surface area contributed by atoms with Gasteiger partial charge in [-0.25, -0.2) is 0 Å². The normalized spacial score (nSPS) is 11.5. The first-order valence-electron chi connectivity index (χ1n) is 5.00. The van der Waals surface area contributed by atoms with Gasteiger partial charge >= 0.3 is 0 Å². The SMILES string of the molecule is CC(/C=N/NC(N)=S)=C\c1ccc([N+](=O)[O-])cc1. The third-order valence-corrected chi connectivity index (χ3v) is 2.03. The van der Waals surface area contributed by atoms with Gasteiger partial charge in [0.2, 0.25) is 0 Å². The molecule has 0 bridgehead atoms. The van der Waals surface area contributed by atoms with Crippen molar-refractivity contribution in [3.8, 4) is 0 Å². The first-order chi connectivity index (χ1) is 8.49. The molecule has 0 saturated heterocycles. The Morgan fingerprint density at radius 2 is 2.11 bits per heavy atom. The van der Waals surface area contributed by atoms with Crippen LogP contribution in [0.2, 0.25) is 0 Å². The van der Waals surface area contributed by atoms with Gasteiger partial charge in [-0.2, -0.15) is 5.10 Å². The average molecular weight is 264 g/mol. The Kier molecular flexibility index (Phi) is 4.94. The minimum absolute atomic E-state index is 0.0635. The lowest BCUT2D eigenvalue weighted by molar-refractivity contribution is -0.384. The van der Waals surface area contributed by atoms with E-state index in [1.54, 1.807) is 18.3 Å². The standard InChI is InChI=1S/C11H12N4O2S/c1-8(7-13-14-11(12)18)6-9-2-4-10(5-3-9)15(16)17/h2-7H,1H3,(H3,12,14,18)/b8-6+,13-7+. The zero-order valence-corrected chi connectivity index (χ0v) is 10.5. The molecule has 0 amide bonds. The van der Waals surface area contributed by atoms with Gasteiger partial charge in [-0.1, -0.05) is 6.08 Å². The molecule has 3 N–H and O–H groups in total. The van der Waals surface area contributed by atoms with Crippen LogP contribution >= 0.6 is 12.2 Å². The van der Waals surface area contributed by atoms with E-state index in [1.165, 1.54) is 12.1 Å². The number of allylic oxidation sites excluding steroid dienone is 1. The number of thiocarbonyl (C=S) groups is 1. The first kappa shape index (κ1) is 13.8. The van der Waals surface area contributed by atoms with Crippen molar-refractivity contribution in [1.29, 1.82) is 0 Å². The van der Waals surface area contributed by atoms with E-state index in [-0.39, 0.29) is 10.8 Å². The summed E-state index contributed by atoms with van der Waals surface area (Å²) in [5.41, 5.74) is 9.40. The van der Waals surface area contributed by atoms with E-state index in [4.69, 9.17) is 5.73 Å². The van der Waals surface area contributed by atoms with Crippen LogP contribution < -0.4 is 11.2 Å². The predicted octanol–water partition coefficient (Wildman–Crippen LogP) is 1.82. The van der Waals surface area contributed by atoms with Gasteiger partial charge in [0.05, 0.1) is 11.1 Å². The zero-order valence-electron chi connectivity index (χ0n) is 9.66. The molecule has 0 fully saturated rings. The van der Waals surface area contributed by atoms with Gasteiger partial charge in [-0.05, 0) is 42.4 Å². The minimum atomic E-state index is -0.437. The molecule has 0 aliphatic carbocycles. The van der Waals surface area contributed by atoms with E-state index in [0.717, 1.165) is 11.1 Å². The molecule has 6 nitrogen and oxygen atoms in total. The highest BCUT2D eigenvalue weighted by Gasteiger charge is 2.02. The summed E-state index contributed by atoms with van der Waals surface area (Å²) in [5.74, 6) is 0. The van der Waals surface area contributed by atoms with Gasteiger partial charge in [0, 0.05) is 12.1 Å². The van der Waals surface area contributed by atoms with Crippen molar-refractivity contribution in [2.75, 3.05) is 0 Å². The Balaban J connectivity index is 2.73. The summed E-state index contributed by atoms with van der Waals surface area (Å²) in [7, 11) is 0. The highest BCUT2D eigenvalue weighted by atomic mass is 32.1. The summed E-state index contributed by atoms with van der Waals surface area (Å²) in [6, 6.07) is 6.22. The van der Waals surface area contributed by atoms with Crippen molar-refractivity contribution in [3.63, 3.8) is 0 Å². The van der Waals surface area contributed by atoms with Gasteiger partial charge in [0.1, 0.15) is 0 Å². The van der Waals surface area contributed by atoms with Gasteiger partial charge in [-0.3, -0.25) is 15.5 Å². The number of nitrogens with one attached hydrogen (secondary N) is 1. The van der Waals surface area contributed by atoms with Gasteiger partial charge in [0.25, 0.3) is 5.69 Å². The maximum Gasteiger partial charge on any atom is 0.269 e. The number of benzene rings is 1. The van der Waals surface area contributed by atoms with Crippen molar-refractivity contribution in [1.82, 2.24) is 5.43 Å². The quantitative estimate of drug-likeness (QED) is 0.374. The smallest absolute Gasteiger partial charge is 0.269 e. The van der Waals surface area contributed by atoms with Crippen LogP contribution in [0.4, 0.5) is 5.69 Å². The average Bonchev–Trinajstić information content (AvgIpc) is 2.29. The maximum absolute atomic E-state index is 10.5. The fourth-order valence-corrected chi connectivity index (χ4v) is 1.24. The molecule has 0 radical (unpaired) electrons. The van der Waals surface area contributed by atoms with E-state index in [0.29, 0.717) is 0 Å². The summed E-state index contributed by atoms with van der Waals surface area (Å²) < 4.78 is 0. The molecule has 1 aromatic carbocycles. The molecular weight excluding hydrogens is 252 g/mol. The van der Waals surface area contributed by atoms with Crippen LogP contribution in [-0.4, -0.2) is 16.3 Å². The zero-order chi connectivity index (χ0) is 13.5. The lowest BCUT2D eigenvalue weighted by atomic mass is 10.1. The second-order valence-corrected chi connectivity index (χ2v) is 3.91. The Labute approximate surface area is 109 Å². The molecule has 0 saturated carbocycles. The van der Waals surface area contributed by atoms with Crippen LogP contribution in [0.25, 0.3) is 6.08 Å². The first-order valence-corrected chi connectivity index (χ1v) is 5.41. The van der Waals surface area contributed by atoms with E-state index >= 15 is 0 Å². The lowest BCUT2D eigenvalue weighted by Crippen LogP contribution is -2.23. The van der Waals surface area contributed by atoms with Crippen LogP contribution in [0.15, 0.2) is 34.9 Å². The Morgan fingerprint density at radius 3 is 2.61 bits per heavy atom. The van der Waals surface area contributed by atoms with Crippen LogP contribution in [0.3, 0.4) is 0 Å². The van der Waals surface area contributed by atoms with Gasteiger partial charge in [0.15, 0.2) is 5.11 Å². The molecule has 94 valence electrons. The molecule has 7 heteroatoms. The molecular formula is C11H12N4O2S. The van der Waals surface area contributed by atoms with Crippen LogP contribution in [-0.2, 0) is 0 Å². The number of nitro groups is 1. The number of rotatable bonds is 4. The number of nitrogens with zero attached hydrogens (tertiary/aromatic N) is 2. The fraction of sp³-hybridized carbons (Fsp3) is 0.0909. The number of non-ortho nitro benzene ring substituents is 1. The molecule has 1 rings (SSSR count). The number of nitrogens with two attached hydrogens (primary N) is 1. The summed E-state index contributed by atoms with van der Waals surface area (Å²) >= 11 is 4.59. The largest absolute Gasteiger partial charge is 0.375 e. The Morgan fingerprint density at radius 1 is 1.50 bits per heavy atom. The molecule has 0 aliphatic rings. The molecule has 0 unspecified atom stereocenters. The summed E-state index contributed by atoms with van der Waals surface area (Å²) in [6.45, 7) is 1.84. The predicted molar refractivity (Wildman–Crippen MR) is 75.2 cm³/mol. The lowest BCUT2D eigenvalue weighted by Gasteiger charge is -1.96. The fourth-order valence-electron chi connectivity index (χ4n) is 1.19. The Hall–Kier alpha value is -2.28. The second-order valence-electron chi connectivity index (χ2n) is 3.47. The van der Waals surface area contributed by atoms with Crippen molar-refractivity contribution < 1.29 is 4.92 Å². The van der Waals surface area contributed by atoms with Gasteiger partial charge < -0.3 is 5.73 Å². The number of hydrogen-bond acceptors (Lipinski definition) is 4. The third-order valence-electron chi connectivity index (χ3n) is 1.94. The monoisotopic (exact) mass is 264 g/mol. The second kappa shape index (κ2) is 6.45. The topological polar surface area (TPSA) is 93.5 Å². The molecule has 0 aliphatic heterocycles. The van der Waals surface area contributed by atoms with E-state index < -0.39 is 4.92 Å². The van der Waals surface area contributed by atoms with Crippen molar-refractivity contribution in [2.45, 2.75) is 6.92 Å². The van der Waals surface area contributed by atoms with Crippen molar-refractivity contribution >= 4 is 35.3 Å². The molecule has 0 heterocycles. The summed E-state index contributed by atoms with van der Waals surface area (Å²) in [6.07, 6.45) is 3.38. The highest BCUT2D eigenvalue weighted by molar-refractivity contribution is 7.80. The van der Waals surface area contributed by atoms with Gasteiger partial charge in [-0.15, -0.1) is 0 Å². The van der Waals surface area contributed by atoms with E-state index in [9.17, 15) is 10.1 Å². The third kappa shape index (κ3) is 4.71. The molecule has 1 aromatic rings. The summed E-state index contributed by atoms with van der Waals surface area (Å²) in [4.78, 5) is 10.0. The van der Waals surface area contributed by atoms with Crippen LogP contribution in [0, 0.1) is 10.1 Å². The van der Waals surface area contributed by atoms with E-state index in [1.807, 2.05) is 13.0 Å². The van der Waals surface area contributed by atoms with E-state index in [2.05, 4.69) is 22.7 Å². The molecule has 18 heavy (non-hydrogen) atoms. The summed E-state index contributed by atoms with van der Waals surface area (Å²) in [5, 5.41) is 14.4. The molecule has 0 spiro atoms. The Bertz CT molecular complexity index is 508. The maximum atomic E-state index is 10.5.